The zero-order chi connectivity index (χ0) is 17.1. The Hall–Kier alpha value is -1.87. The van der Waals surface area contributed by atoms with Crippen molar-refractivity contribution in [2.45, 2.75) is 31.8 Å². The van der Waals surface area contributed by atoms with Gasteiger partial charge in [-0.05, 0) is 26.3 Å². The van der Waals surface area contributed by atoms with E-state index in [0.29, 0.717) is 21.8 Å². The fourth-order valence-electron chi connectivity index (χ4n) is 1.90. The fourth-order valence-corrected chi connectivity index (χ4v) is 3.70. The van der Waals surface area contributed by atoms with Gasteiger partial charge in [0.1, 0.15) is 15.9 Å². The molecular formula is C14H17N3O4S2. The highest BCUT2D eigenvalue weighted by Gasteiger charge is 2.17. The number of amides is 1. The number of rotatable bonds is 6. The molecule has 124 valence electrons. The Balaban J connectivity index is 2.06. The van der Waals surface area contributed by atoms with Gasteiger partial charge < -0.3 is 15.5 Å². The molecular weight excluding hydrogens is 338 g/mol. The molecule has 1 atom stereocenters. The number of primary amides is 1. The maximum absolute atomic E-state index is 12.1. The van der Waals surface area contributed by atoms with E-state index in [-0.39, 0.29) is 5.56 Å². The van der Waals surface area contributed by atoms with E-state index in [1.807, 2.05) is 13.8 Å². The maximum Gasteiger partial charge on any atom is 0.319 e. The first-order valence-corrected chi connectivity index (χ1v) is 8.71. The number of hydrogen-bond donors (Lipinski definition) is 2. The van der Waals surface area contributed by atoms with E-state index in [2.05, 4.69) is 9.97 Å². The standard InChI is InChI=1S/C14H17N3O4S2/c1-6-7(2)23-13-11(6)12(19)16-10(17-13)5-22-8(3)14(20)21-4-9(15)18/h8H,4-5H2,1-3H3,(H2,15,18)(H,16,17,19)/t8-/m1/s1. The predicted molar refractivity (Wildman–Crippen MR) is 90.6 cm³/mol. The predicted octanol–water partition coefficient (Wildman–Crippen LogP) is 1.25. The highest BCUT2D eigenvalue weighted by molar-refractivity contribution is 7.99. The molecule has 2 aromatic heterocycles. The van der Waals surface area contributed by atoms with E-state index >= 15 is 0 Å². The molecule has 2 aromatic rings. The van der Waals surface area contributed by atoms with Gasteiger partial charge in [-0.3, -0.25) is 14.4 Å². The first kappa shape index (κ1) is 17.5. The van der Waals surface area contributed by atoms with Crippen LogP contribution < -0.4 is 11.3 Å². The summed E-state index contributed by atoms with van der Waals surface area (Å²) >= 11 is 2.74. The van der Waals surface area contributed by atoms with Crippen molar-refractivity contribution in [3.63, 3.8) is 0 Å². The Morgan fingerprint density at radius 3 is 2.78 bits per heavy atom. The summed E-state index contributed by atoms with van der Waals surface area (Å²) in [5.41, 5.74) is 5.69. The molecule has 0 saturated carbocycles. The van der Waals surface area contributed by atoms with Crippen LogP contribution in [-0.2, 0) is 20.1 Å². The Morgan fingerprint density at radius 2 is 2.13 bits per heavy atom. The Bertz CT molecular complexity index is 812. The van der Waals surface area contributed by atoms with E-state index in [4.69, 9.17) is 10.5 Å². The molecule has 0 unspecified atom stereocenters. The summed E-state index contributed by atoms with van der Waals surface area (Å²) in [7, 11) is 0. The molecule has 0 aliphatic carbocycles. The molecule has 0 bridgehead atoms. The quantitative estimate of drug-likeness (QED) is 0.754. The number of nitrogens with zero attached hydrogens (tertiary/aromatic N) is 1. The van der Waals surface area contributed by atoms with Crippen LogP contribution in [0.3, 0.4) is 0 Å². The second kappa shape index (κ2) is 7.14. The molecule has 0 radical (unpaired) electrons. The van der Waals surface area contributed by atoms with Crippen LogP contribution in [0.2, 0.25) is 0 Å². The third kappa shape index (κ3) is 4.11. The minimum Gasteiger partial charge on any atom is -0.455 e. The van der Waals surface area contributed by atoms with Gasteiger partial charge in [-0.15, -0.1) is 23.1 Å². The first-order chi connectivity index (χ1) is 10.8. The summed E-state index contributed by atoms with van der Waals surface area (Å²) < 4.78 is 4.74. The van der Waals surface area contributed by atoms with Gasteiger partial charge in [0.2, 0.25) is 0 Å². The minimum atomic E-state index is -0.699. The molecule has 3 N–H and O–H groups in total. The average molecular weight is 355 g/mol. The molecule has 1 amide bonds. The molecule has 7 nitrogen and oxygen atoms in total. The van der Waals surface area contributed by atoms with E-state index in [1.54, 1.807) is 6.92 Å². The maximum atomic E-state index is 12.1. The van der Waals surface area contributed by atoms with Gasteiger partial charge >= 0.3 is 5.97 Å². The molecule has 0 saturated heterocycles. The second-order valence-corrected chi connectivity index (χ2v) is 7.54. The van der Waals surface area contributed by atoms with Crippen LogP contribution in [0.25, 0.3) is 10.2 Å². The van der Waals surface area contributed by atoms with E-state index in [1.165, 1.54) is 23.1 Å². The number of hydrogen-bond acceptors (Lipinski definition) is 7. The van der Waals surface area contributed by atoms with E-state index in [9.17, 15) is 14.4 Å². The summed E-state index contributed by atoms with van der Waals surface area (Å²) in [4.78, 5) is 43.3. The lowest BCUT2D eigenvalue weighted by Gasteiger charge is -2.09. The van der Waals surface area contributed by atoms with Crippen molar-refractivity contribution in [2.75, 3.05) is 6.61 Å². The summed E-state index contributed by atoms with van der Waals surface area (Å²) in [6, 6.07) is 0. The van der Waals surface area contributed by atoms with Crippen LogP contribution in [0.15, 0.2) is 4.79 Å². The van der Waals surface area contributed by atoms with Gasteiger partial charge in [0.05, 0.1) is 11.1 Å². The molecule has 0 spiro atoms. The number of thiophene rings is 1. The Kier molecular flexibility index (Phi) is 5.42. The monoisotopic (exact) mass is 355 g/mol. The number of carbonyl (C=O) groups is 2. The number of nitrogens with one attached hydrogen (secondary N) is 1. The van der Waals surface area contributed by atoms with Crippen LogP contribution in [0, 0.1) is 13.8 Å². The van der Waals surface area contributed by atoms with Crippen LogP contribution in [0.5, 0.6) is 0 Å². The Morgan fingerprint density at radius 1 is 1.43 bits per heavy atom. The van der Waals surface area contributed by atoms with Crippen LogP contribution >= 0.6 is 23.1 Å². The summed E-state index contributed by atoms with van der Waals surface area (Å²) in [6.07, 6.45) is 0. The van der Waals surface area contributed by atoms with Crippen molar-refractivity contribution in [1.82, 2.24) is 9.97 Å². The second-order valence-electron chi connectivity index (χ2n) is 5.00. The largest absolute Gasteiger partial charge is 0.455 e. The van der Waals surface area contributed by atoms with Crippen molar-refractivity contribution in [3.05, 3.63) is 26.6 Å². The number of nitrogens with two attached hydrogens (primary N) is 1. The highest BCUT2D eigenvalue weighted by Crippen LogP contribution is 2.26. The molecule has 0 aliphatic rings. The van der Waals surface area contributed by atoms with Gasteiger partial charge in [0, 0.05) is 4.88 Å². The van der Waals surface area contributed by atoms with Crippen molar-refractivity contribution in [3.8, 4) is 0 Å². The van der Waals surface area contributed by atoms with Gasteiger partial charge in [0.15, 0.2) is 6.61 Å². The van der Waals surface area contributed by atoms with Crippen molar-refractivity contribution >= 4 is 45.2 Å². The van der Waals surface area contributed by atoms with Gasteiger partial charge in [-0.2, -0.15) is 0 Å². The summed E-state index contributed by atoms with van der Waals surface area (Å²) in [5.74, 6) is -0.368. The molecule has 2 heterocycles. The number of H-pyrrole nitrogens is 1. The number of aromatic amines is 1. The number of ether oxygens (including phenoxy) is 1. The van der Waals surface area contributed by atoms with E-state index in [0.717, 1.165) is 10.4 Å². The summed E-state index contributed by atoms with van der Waals surface area (Å²) in [6.45, 7) is 5.07. The topological polar surface area (TPSA) is 115 Å². The normalized spacial score (nSPS) is 12.3. The van der Waals surface area contributed by atoms with Crippen LogP contribution in [0.4, 0.5) is 0 Å². The number of carbonyl (C=O) groups excluding carboxylic acids is 2. The van der Waals surface area contributed by atoms with Crippen molar-refractivity contribution < 1.29 is 14.3 Å². The average Bonchev–Trinajstić information content (AvgIpc) is 2.77. The molecule has 2 rings (SSSR count). The lowest BCUT2D eigenvalue weighted by molar-refractivity contribution is -0.146. The first-order valence-electron chi connectivity index (χ1n) is 6.85. The van der Waals surface area contributed by atoms with Crippen LogP contribution in [-0.4, -0.2) is 33.7 Å². The third-order valence-corrected chi connectivity index (χ3v) is 5.48. The van der Waals surface area contributed by atoms with E-state index < -0.39 is 23.7 Å². The Labute approximate surface area is 140 Å². The summed E-state index contributed by atoms with van der Waals surface area (Å²) in [5, 5.41) is 0.123. The van der Waals surface area contributed by atoms with Gasteiger partial charge in [-0.1, -0.05) is 0 Å². The van der Waals surface area contributed by atoms with Gasteiger partial charge in [-0.25, -0.2) is 4.98 Å². The SMILES string of the molecule is Cc1sc2nc(CS[C@H](C)C(=O)OCC(N)=O)[nH]c(=O)c2c1C. The van der Waals surface area contributed by atoms with Gasteiger partial charge in [0.25, 0.3) is 11.5 Å². The molecule has 9 heteroatoms. The third-order valence-electron chi connectivity index (χ3n) is 3.25. The molecule has 0 aliphatic heterocycles. The minimum absolute atomic E-state index is 0.170. The highest BCUT2D eigenvalue weighted by atomic mass is 32.2. The number of fused-ring (bicyclic) bond motifs is 1. The molecule has 0 fully saturated rings. The molecule has 0 aromatic carbocycles. The number of esters is 1. The van der Waals surface area contributed by atoms with Crippen molar-refractivity contribution in [2.24, 2.45) is 5.73 Å². The smallest absolute Gasteiger partial charge is 0.319 e. The number of aromatic nitrogens is 2. The number of aryl methyl sites for hydroxylation is 2. The fraction of sp³-hybridized carbons (Fsp3) is 0.429. The lowest BCUT2D eigenvalue weighted by atomic mass is 10.2. The zero-order valence-corrected chi connectivity index (χ0v) is 14.6. The zero-order valence-electron chi connectivity index (χ0n) is 13.0. The number of thioether (sulfide) groups is 1. The molecule has 23 heavy (non-hydrogen) atoms. The van der Waals surface area contributed by atoms with Crippen molar-refractivity contribution in [1.29, 1.82) is 0 Å². The lowest BCUT2D eigenvalue weighted by Crippen LogP contribution is -2.25. The van der Waals surface area contributed by atoms with Crippen LogP contribution in [0.1, 0.15) is 23.2 Å².